The van der Waals surface area contributed by atoms with Gasteiger partial charge in [-0.25, -0.2) is 4.98 Å². The summed E-state index contributed by atoms with van der Waals surface area (Å²) < 4.78 is 0. The molecular formula is C13H17ClN2. The monoisotopic (exact) mass is 236 g/mol. The third kappa shape index (κ3) is 2.27. The van der Waals surface area contributed by atoms with E-state index in [2.05, 4.69) is 42.0 Å². The minimum absolute atomic E-state index is 0. The Balaban J connectivity index is 0.00000128. The van der Waals surface area contributed by atoms with E-state index in [0.717, 1.165) is 18.7 Å². The van der Waals surface area contributed by atoms with Crippen LogP contribution >= 0.6 is 12.4 Å². The maximum absolute atomic E-state index is 4.35. The van der Waals surface area contributed by atoms with Crippen LogP contribution in [0.4, 0.5) is 0 Å². The van der Waals surface area contributed by atoms with Crippen molar-refractivity contribution in [3.8, 4) is 11.4 Å². The summed E-state index contributed by atoms with van der Waals surface area (Å²) in [6.07, 6.45) is 5.77. The first kappa shape index (κ1) is 12.8. The molecule has 3 heteroatoms. The fourth-order valence-corrected chi connectivity index (χ4v) is 1.95. The number of aromatic nitrogens is 2. The third-order valence-corrected chi connectivity index (χ3v) is 2.73. The maximum atomic E-state index is 4.35. The molecule has 2 nitrogen and oxygen atoms in total. The highest BCUT2D eigenvalue weighted by Crippen LogP contribution is 2.25. The largest absolute Gasteiger partial charge is 0.345 e. The highest BCUT2D eigenvalue weighted by molar-refractivity contribution is 5.85. The Morgan fingerprint density at radius 2 is 1.75 bits per heavy atom. The van der Waals surface area contributed by atoms with Gasteiger partial charge < -0.3 is 4.98 Å². The minimum atomic E-state index is 0. The molecule has 0 radical (unpaired) electrons. The van der Waals surface area contributed by atoms with Gasteiger partial charge in [-0.3, -0.25) is 0 Å². The SMILES string of the molecule is CCc1cccc(CC)c1-c1ncc[nH]1.Cl. The van der Waals surface area contributed by atoms with E-state index in [4.69, 9.17) is 0 Å². The molecule has 0 saturated carbocycles. The zero-order valence-corrected chi connectivity index (χ0v) is 10.5. The third-order valence-electron chi connectivity index (χ3n) is 2.73. The highest BCUT2D eigenvalue weighted by atomic mass is 35.5. The van der Waals surface area contributed by atoms with E-state index in [-0.39, 0.29) is 12.4 Å². The lowest BCUT2D eigenvalue weighted by atomic mass is 9.97. The Bertz CT molecular complexity index is 413. The number of halogens is 1. The molecule has 0 fully saturated rings. The zero-order chi connectivity index (χ0) is 10.7. The van der Waals surface area contributed by atoms with Crippen molar-refractivity contribution >= 4 is 12.4 Å². The van der Waals surface area contributed by atoms with Crippen molar-refractivity contribution in [2.24, 2.45) is 0 Å². The first-order valence-corrected chi connectivity index (χ1v) is 5.47. The van der Waals surface area contributed by atoms with E-state index in [1.807, 2.05) is 6.20 Å². The molecule has 0 amide bonds. The molecule has 0 spiro atoms. The van der Waals surface area contributed by atoms with Crippen LogP contribution in [0.5, 0.6) is 0 Å². The summed E-state index contributed by atoms with van der Waals surface area (Å²) in [5.41, 5.74) is 4.01. The Hall–Kier alpha value is -1.28. The fraction of sp³-hybridized carbons (Fsp3) is 0.308. The molecule has 1 aromatic carbocycles. The van der Waals surface area contributed by atoms with Crippen LogP contribution < -0.4 is 0 Å². The van der Waals surface area contributed by atoms with Crippen LogP contribution in [0.25, 0.3) is 11.4 Å². The molecule has 1 N–H and O–H groups in total. The minimum Gasteiger partial charge on any atom is -0.345 e. The molecule has 2 rings (SSSR count). The van der Waals surface area contributed by atoms with Crippen LogP contribution in [0.1, 0.15) is 25.0 Å². The average Bonchev–Trinajstić information content (AvgIpc) is 2.81. The summed E-state index contributed by atoms with van der Waals surface area (Å²) in [7, 11) is 0. The van der Waals surface area contributed by atoms with Crippen LogP contribution in [0, 0.1) is 0 Å². The van der Waals surface area contributed by atoms with Gasteiger partial charge in [-0.2, -0.15) is 0 Å². The normalized spacial score (nSPS) is 9.88. The van der Waals surface area contributed by atoms with E-state index in [1.54, 1.807) is 6.20 Å². The van der Waals surface area contributed by atoms with E-state index < -0.39 is 0 Å². The number of benzene rings is 1. The summed E-state index contributed by atoms with van der Waals surface area (Å²) in [4.78, 5) is 7.54. The zero-order valence-electron chi connectivity index (χ0n) is 9.66. The first-order chi connectivity index (χ1) is 7.36. The molecule has 0 aliphatic rings. The second kappa shape index (κ2) is 5.71. The van der Waals surface area contributed by atoms with Gasteiger partial charge in [0.2, 0.25) is 0 Å². The van der Waals surface area contributed by atoms with Gasteiger partial charge in [-0.1, -0.05) is 32.0 Å². The van der Waals surface area contributed by atoms with Crippen molar-refractivity contribution in [1.82, 2.24) is 9.97 Å². The molecule has 0 unspecified atom stereocenters. The van der Waals surface area contributed by atoms with E-state index >= 15 is 0 Å². The molecule has 1 aromatic heterocycles. The van der Waals surface area contributed by atoms with Crippen LogP contribution in [0.15, 0.2) is 30.6 Å². The van der Waals surface area contributed by atoms with Gasteiger partial charge in [0.25, 0.3) is 0 Å². The fourth-order valence-electron chi connectivity index (χ4n) is 1.95. The lowest BCUT2D eigenvalue weighted by Gasteiger charge is -2.10. The van der Waals surface area contributed by atoms with E-state index in [0.29, 0.717) is 0 Å². The van der Waals surface area contributed by atoms with Gasteiger partial charge in [-0.15, -0.1) is 12.4 Å². The maximum Gasteiger partial charge on any atom is 0.137 e. The number of aryl methyl sites for hydroxylation is 2. The van der Waals surface area contributed by atoms with Crippen molar-refractivity contribution in [3.05, 3.63) is 41.7 Å². The van der Waals surface area contributed by atoms with Gasteiger partial charge in [-0.05, 0) is 24.0 Å². The number of nitrogens with zero attached hydrogens (tertiary/aromatic N) is 1. The number of hydrogen-bond acceptors (Lipinski definition) is 1. The number of nitrogens with one attached hydrogen (secondary N) is 1. The van der Waals surface area contributed by atoms with Gasteiger partial charge >= 0.3 is 0 Å². The van der Waals surface area contributed by atoms with Crippen molar-refractivity contribution in [2.45, 2.75) is 26.7 Å². The van der Waals surface area contributed by atoms with Gasteiger partial charge in [0, 0.05) is 18.0 Å². The molecule has 2 aromatic rings. The van der Waals surface area contributed by atoms with Crippen LogP contribution in [-0.4, -0.2) is 9.97 Å². The molecule has 0 saturated heterocycles. The van der Waals surface area contributed by atoms with Crippen molar-refractivity contribution in [1.29, 1.82) is 0 Å². The number of hydrogen-bond donors (Lipinski definition) is 1. The molecule has 16 heavy (non-hydrogen) atoms. The lowest BCUT2D eigenvalue weighted by Crippen LogP contribution is -1.95. The lowest BCUT2D eigenvalue weighted by molar-refractivity contribution is 1.08. The average molecular weight is 237 g/mol. The summed E-state index contributed by atoms with van der Waals surface area (Å²) in [5.74, 6) is 0.990. The quantitative estimate of drug-likeness (QED) is 0.867. The van der Waals surface area contributed by atoms with Crippen molar-refractivity contribution < 1.29 is 0 Å². The topological polar surface area (TPSA) is 28.7 Å². The highest BCUT2D eigenvalue weighted by Gasteiger charge is 2.09. The summed E-state index contributed by atoms with van der Waals surface area (Å²) >= 11 is 0. The van der Waals surface area contributed by atoms with Crippen LogP contribution in [-0.2, 0) is 12.8 Å². The molecule has 0 bridgehead atoms. The summed E-state index contributed by atoms with van der Waals surface area (Å²) in [5, 5.41) is 0. The Kier molecular flexibility index (Phi) is 4.56. The van der Waals surface area contributed by atoms with Gasteiger partial charge in [0.1, 0.15) is 5.82 Å². The molecule has 86 valence electrons. The molecule has 0 aliphatic carbocycles. The van der Waals surface area contributed by atoms with Gasteiger partial charge in [0.05, 0.1) is 0 Å². The van der Waals surface area contributed by atoms with Crippen LogP contribution in [0.3, 0.4) is 0 Å². The van der Waals surface area contributed by atoms with Crippen molar-refractivity contribution in [3.63, 3.8) is 0 Å². The summed E-state index contributed by atoms with van der Waals surface area (Å²) in [6, 6.07) is 6.48. The number of H-pyrrole nitrogens is 1. The predicted octanol–water partition coefficient (Wildman–Crippen LogP) is 3.62. The van der Waals surface area contributed by atoms with E-state index in [1.165, 1.54) is 16.7 Å². The molecule has 0 aliphatic heterocycles. The Labute approximate surface area is 103 Å². The second-order valence-corrected chi connectivity index (χ2v) is 3.60. The van der Waals surface area contributed by atoms with Crippen molar-refractivity contribution in [2.75, 3.05) is 0 Å². The Morgan fingerprint density at radius 1 is 1.12 bits per heavy atom. The standard InChI is InChI=1S/C13H16N2.ClH/c1-3-10-6-5-7-11(4-2)12(10)13-14-8-9-15-13;/h5-9H,3-4H2,1-2H3,(H,14,15);1H. The first-order valence-electron chi connectivity index (χ1n) is 5.47. The number of aromatic amines is 1. The number of rotatable bonds is 3. The van der Waals surface area contributed by atoms with Gasteiger partial charge in [0.15, 0.2) is 0 Å². The molecular weight excluding hydrogens is 220 g/mol. The smallest absolute Gasteiger partial charge is 0.137 e. The summed E-state index contributed by atoms with van der Waals surface area (Å²) in [6.45, 7) is 4.36. The van der Waals surface area contributed by atoms with Crippen LogP contribution in [0.2, 0.25) is 0 Å². The molecule has 1 heterocycles. The molecule has 0 atom stereocenters. The predicted molar refractivity (Wildman–Crippen MR) is 70.0 cm³/mol. The Morgan fingerprint density at radius 3 is 2.19 bits per heavy atom. The van der Waals surface area contributed by atoms with E-state index in [9.17, 15) is 0 Å². The number of imidazole rings is 1. The second-order valence-electron chi connectivity index (χ2n) is 3.60.